The molecule has 17 heavy (non-hydrogen) atoms. The molecule has 0 radical (unpaired) electrons. The van der Waals surface area contributed by atoms with Crippen molar-refractivity contribution in [2.24, 2.45) is 0 Å². The zero-order valence-corrected chi connectivity index (χ0v) is 10.7. The van der Waals surface area contributed by atoms with Crippen LogP contribution in [0.15, 0.2) is 0 Å². The van der Waals surface area contributed by atoms with Gasteiger partial charge < -0.3 is 10.5 Å². The van der Waals surface area contributed by atoms with E-state index in [0.29, 0.717) is 13.0 Å². The highest BCUT2D eigenvalue weighted by atomic mass is 32.2. The normalized spacial score (nSPS) is 27.2. The highest BCUT2D eigenvalue weighted by molar-refractivity contribution is 7.91. The quantitative estimate of drug-likeness (QED) is 0.807. The average molecular weight is 260 g/mol. The lowest BCUT2D eigenvalue weighted by Crippen LogP contribution is -2.33. The summed E-state index contributed by atoms with van der Waals surface area (Å²) in [5.74, 6) is 0.388. The van der Waals surface area contributed by atoms with Gasteiger partial charge in [-0.05, 0) is 20.3 Å². The predicted octanol–water partition coefficient (Wildman–Crippen LogP) is -0.207. The van der Waals surface area contributed by atoms with Crippen LogP contribution in [0.1, 0.15) is 20.3 Å². The van der Waals surface area contributed by atoms with Crippen LogP contribution in [0.4, 0.5) is 5.95 Å². The summed E-state index contributed by atoms with van der Waals surface area (Å²) in [5, 5.41) is 4.11. The highest BCUT2D eigenvalue weighted by Gasteiger charge is 2.42. The zero-order chi connectivity index (χ0) is 12.7. The minimum absolute atomic E-state index is 0.0408. The van der Waals surface area contributed by atoms with Gasteiger partial charge in [-0.25, -0.2) is 13.1 Å². The zero-order valence-electron chi connectivity index (χ0n) is 9.88. The fourth-order valence-corrected chi connectivity index (χ4v) is 4.16. The molecule has 1 aromatic rings. The van der Waals surface area contributed by atoms with Gasteiger partial charge >= 0.3 is 6.01 Å². The van der Waals surface area contributed by atoms with E-state index >= 15 is 0 Å². The van der Waals surface area contributed by atoms with E-state index in [1.165, 1.54) is 4.68 Å². The molecule has 7 nitrogen and oxygen atoms in total. The molecule has 1 aromatic heterocycles. The minimum Gasteiger partial charge on any atom is -0.463 e. The monoisotopic (exact) mass is 260 g/mol. The third-order valence-electron chi connectivity index (χ3n) is 2.88. The summed E-state index contributed by atoms with van der Waals surface area (Å²) in [6, 6.07) is 0.190. The van der Waals surface area contributed by atoms with Crippen molar-refractivity contribution in [1.82, 2.24) is 14.8 Å². The molecular weight excluding hydrogens is 244 g/mol. The molecule has 1 unspecified atom stereocenters. The molecule has 1 saturated heterocycles. The summed E-state index contributed by atoms with van der Waals surface area (Å²) in [6.07, 6.45) is 0.495. The Labute approximate surface area is 99.9 Å². The van der Waals surface area contributed by atoms with E-state index in [1.54, 1.807) is 0 Å². The molecule has 2 rings (SSSR count). The number of aromatic nitrogens is 3. The second kappa shape index (κ2) is 3.86. The van der Waals surface area contributed by atoms with Crippen LogP contribution in [0.5, 0.6) is 6.01 Å². The van der Waals surface area contributed by atoms with Crippen LogP contribution in [-0.4, -0.2) is 41.3 Å². The fraction of sp³-hybridized carbons (Fsp3) is 0.778. The van der Waals surface area contributed by atoms with Gasteiger partial charge in [0.1, 0.15) is 0 Å². The summed E-state index contributed by atoms with van der Waals surface area (Å²) in [5.41, 5.74) is 5.12. The molecule has 0 aromatic carbocycles. The van der Waals surface area contributed by atoms with E-state index in [2.05, 4.69) is 10.1 Å². The Morgan fingerprint density at radius 3 is 2.82 bits per heavy atom. The number of anilines is 1. The molecule has 2 heterocycles. The van der Waals surface area contributed by atoms with E-state index in [-0.39, 0.29) is 23.5 Å². The first-order valence-corrected chi connectivity index (χ1v) is 7.25. The Morgan fingerprint density at radius 2 is 2.29 bits per heavy atom. The Bertz CT molecular complexity index is 524. The maximum absolute atomic E-state index is 11.5. The molecule has 1 aliphatic rings. The van der Waals surface area contributed by atoms with E-state index in [0.717, 1.165) is 0 Å². The van der Waals surface area contributed by atoms with Gasteiger partial charge in [0, 0.05) is 0 Å². The van der Waals surface area contributed by atoms with Gasteiger partial charge in [0.15, 0.2) is 9.84 Å². The van der Waals surface area contributed by atoms with Gasteiger partial charge in [-0.3, -0.25) is 0 Å². The Balaban J connectivity index is 2.34. The molecule has 1 fully saturated rings. The van der Waals surface area contributed by atoms with Gasteiger partial charge in [-0.1, -0.05) is 0 Å². The van der Waals surface area contributed by atoms with Crippen molar-refractivity contribution < 1.29 is 13.2 Å². The third kappa shape index (κ3) is 2.21. The standard InChI is InChI=1S/C9H16N4O3S/c1-3-16-8-11-7(10)13(12-8)9(2)4-5-17(14,15)6-9/h3-6H2,1-2H3,(H2,10,11,12). The molecule has 0 aliphatic carbocycles. The van der Waals surface area contributed by atoms with Crippen molar-refractivity contribution in [1.29, 1.82) is 0 Å². The summed E-state index contributed by atoms with van der Waals surface area (Å²) in [7, 11) is -3.01. The molecule has 1 aliphatic heterocycles. The van der Waals surface area contributed by atoms with Gasteiger partial charge in [-0.15, -0.1) is 5.10 Å². The van der Waals surface area contributed by atoms with Crippen molar-refractivity contribution in [2.75, 3.05) is 23.8 Å². The van der Waals surface area contributed by atoms with Crippen LogP contribution in [0.3, 0.4) is 0 Å². The summed E-state index contributed by atoms with van der Waals surface area (Å²) < 4.78 is 29.7. The Kier molecular flexibility index (Phi) is 2.76. The van der Waals surface area contributed by atoms with Crippen LogP contribution in [0, 0.1) is 0 Å². The number of sulfone groups is 1. The lowest BCUT2D eigenvalue weighted by atomic mass is 10.0. The number of nitrogen functional groups attached to an aromatic ring is 1. The summed E-state index contributed by atoms with van der Waals surface area (Å²) in [4.78, 5) is 3.95. The van der Waals surface area contributed by atoms with Crippen molar-refractivity contribution in [3.05, 3.63) is 0 Å². The van der Waals surface area contributed by atoms with Crippen LogP contribution < -0.4 is 10.5 Å². The number of hydrogen-bond donors (Lipinski definition) is 1. The molecule has 96 valence electrons. The molecule has 8 heteroatoms. The molecule has 1 atom stereocenters. The van der Waals surface area contributed by atoms with E-state index in [1.807, 2.05) is 13.8 Å². The number of rotatable bonds is 3. The maximum atomic E-state index is 11.5. The number of nitrogens with two attached hydrogens (primary N) is 1. The minimum atomic E-state index is -3.01. The van der Waals surface area contributed by atoms with Crippen LogP contribution >= 0.6 is 0 Å². The van der Waals surface area contributed by atoms with Gasteiger partial charge in [0.2, 0.25) is 5.95 Å². The molecule has 0 spiro atoms. The van der Waals surface area contributed by atoms with Gasteiger partial charge in [0.05, 0.1) is 23.7 Å². The predicted molar refractivity (Wildman–Crippen MR) is 62.5 cm³/mol. The number of hydrogen-bond acceptors (Lipinski definition) is 6. The molecule has 0 bridgehead atoms. The molecular formula is C9H16N4O3S. The first kappa shape index (κ1) is 12.2. The summed E-state index contributed by atoms with van der Waals surface area (Å²) >= 11 is 0. The van der Waals surface area contributed by atoms with Gasteiger partial charge in [-0.2, -0.15) is 4.98 Å². The topological polar surface area (TPSA) is 100 Å². The maximum Gasteiger partial charge on any atom is 0.337 e. The molecule has 2 N–H and O–H groups in total. The van der Waals surface area contributed by atoms with Crippen LogP contribution in [0.25, 0.3) is 0 Å². The molecule has 0 saturated carbocycles. The van der Waals surface area contributed by atoms with E-state index in [4.69, 9.17) is 10.5 Å². The largest absolute Gasteiger partial charge is 0.463 e. The van der Waals surface area contributed by atoms with E-state index < -0.39 is 15.4 Å². The first-order chi connectivity index (χ1) is 7.86. The lowest BCUT2D eigenvalue weighted by molar-refractivity contribution is 0.288. The van der Waals surface area contributed by atoms with E-state index in [9.17, 15) is 8.42 Å². The Hall–Kier alpha value is -1.31. The van der Waals surface area contributed by atoms with Crippen molar-refractivity contribution in [2.45, 2.75) is 25.8 Å². The van der Waals surface area contributed by atoms with Crippen molar-refractivity contribution in [3.63, 3.8) is 0 Å². The second-order valence-corrected chi connectivity index (χ2v) is 6.62. The van der Waals surface area contributed by atoms with Crippen molar-refractivity contribution >= 4 is 15.8 Å². The smallest absolute Gasteiger partial charge is 0.337 e. The highest BCUT2D eigenvalue weighted by Crippen LogP contribution is 2.32. The lowest BCUT2D eigenvalue weighted by Gasteiger charge is -2.22. The van der Waals surface area contributed by atoms with Crippen LogP contribution in [-0.2, 0) is 15.4 Å². The fourth-order valence-electron chi connectivity index (χ4n) is 2.05. The average Bonchev–Trinajstić information content (AvgIpc) is 2.69. The second-order valence-electron chi connectivity index (χ2n) is 4.44. The van der Waals surface area contributed by atoms with Gasteiger partial charge in [0.25, 0.3) is 0 Å². The van der Waals surface area contributed by atoms with Crippen LogP contribution in [0.2, 0.25) is 0 Å². The van der Waals surface area contributed by atoms with Crippen molar-refractivity contribution in [3.8, 4) is 6.01 Å². The first-order valence-electron chi connectivity index (χ1n) is 5.42. The third-order valence-corrected chi connectivity index (χ3v) is 4.77. The SMILES string of the molecule is CCOc1nc(N)n(C2(C)CCS(=O)(=O)C2)n1. The number of ether oxygens (including phenoxy) is 1. The number of nitrogens with zero attached hydrogens (tertiary/aromatic N) is 3. The summed E-state index contributed by atoms with van der Waals surface area (Å²) in [6.45, 7) is 4.08. The molecule has 0 amide bonds. The Morgan fingerprint density at radius 1 is 1.59 bits per heavy atom.